The van der Waals surface area contributed by atoms with Crippen molar-refractivity contribution < 1.29 is 18.3 Å². The minimum atomic E-state index is 0.102. The van der Waals surface area contributed by atoms with E-state index in [1.165, 1.54) is 213 Å². The van der Waals surface area contributed by atoms with E-state index in [1.807, 2.05) is 0 Å². The molecule has 4 heterocycles. The van der Waals surface area contributed by atoms with Crippen LogP contribution in [-0.2, 0) is 51.9 Å². The van der Waals surface area contributed by atoms with Gasteiger partial charge in [0.05, 0.1) is 21.5 Å². The summed E-state index contributed by atoms with van der Waals surface area (Å²) in [6.07, 6.45) is 2.36. The molecule has 0 fully saturated rings. The molecule has 0 radical (unpaired) electrons. The summed E-state index contributed by atoms with van der Waals surface area (Å²) in [4.78, 5) is 0. The topological polar surface area (TPSA) is 15.5 Å². The molecule has 4 unspecified atom stereocenters. The molecule has 8 aromatic carbocycles. The van der Waals surface area contributed by atoms with Crippen LogP contribution < -0.4 is 18.3 Å². The summed E-state index contributed by atoms with van der Waals surface area (Å²) in [6.45, 7) is 45.7. The van der Waals surface area contributed by atoms with Gasteiger partial charge in [-0.25, -0.2) is 0 Å². The van der Waals surface area contributed by atoms with Crippen molar-refractivity contribution in [2.75, 3.05) is 0 Å². The van der Waals surface area contributed by atoms with Gasteiger partial charge in [-0.05, 0) is 244 Å². The molecule has 4 nitrogen and oxygen atoms in total. The highest BCUT2D eigenvalue weighted by Gasteiger charge is 2.49. The van der Waals surface area contributed by atoms with Crippen LogP contribution in [0.3, 0.4) is 0 Å². The molecule has 488 valence electrons. The molecule has 4 aliphatic carbocycles. The van der Waals surface area contributed by atoms with Crippen LogP contribution in [0.15, 0.2) is 146 Å². The average Bonchev–Trinajstić information content (AvgIpc) is 1.53. The van der Waals surface area contributed by atoms with Crippen LogP contribution in [0.4, 0.5) is 0 Å². The van der Waals surface area contributed by atoms with Gasteiger partial charge in [0.25, 0.3) is 0 Å². The highest BCUT2D eigenvalue weighted by Crippen LogP contribution is 2.55. The first-order valence-corrected chi connectivity index (χ1v) is 35.6. The monoisotopic (exact) mass is 1260 g/mol. The number of aromatic nitrogens is 4. The standard InChI is InChI=1S/C25H30N.2C23H26N.C21H22N/c1-15-12-16(2)17(3)18(13-15)22-14-20-23-19(24(4,5)25(20,6)7)10-9-11-21(23)26(22)8;2*1-13-10-14(2)15(3)19(11-13)22-12-20-17(5)16(4)18-8-7-9-21(23(18)20)24(22)6;1-13-10-14(2)15(3)18(11-13)20-12-17-9-8-16-6-5-7-19(21(16)17)22(20)4/h9-14H,1-8H3;2*7-12,16-17H,1-6H3;5-7,10-12H,8-9H2,1-4H3/q4*+1. The highest BCUT2D eigenvalue weighted by atomic mass is 15.0. The number of hydrogen-bond donors (Lipinski definition) is 0. The first-order chi connectivity index (χ1) is 45.4. The quantitative estimate of drug-likeness (QED) is 0.156. The zero-order chi connectivity index (χ0) is 68.8. The fraction of sp³-hybridized carbons (Fsp3) is 0.348. The molecule has 4 aromatic heterocycles. The summed E-state index contributed by atoms with van der Waals surface area (Å²) in [6, 6.07) is 55.4. The van der Waals surface area contributed by atoms with Gasteiger partial charge in [0, 0.05) is 70.8 Å². The van der Waals surface area contributed by atoms with Crippen LogP contribution in [-0.4, -0.2) is 0 Å². The lowest BCUT2D eigenvalue weighted by molar-refractivity contribution is -0.633. The van der Waals surface area contributed by atoms with Gasteiger partial charge in [-0.1, -0.05) is 150 Å². The average molecular weight is 1270 g/mol. The highest BCUT2D eigenvalue weighted by molar-refractivity contribution is 5.93. The molecule has 0 N–H and O–H groups in total. The van der Waals surface area contributed by atoms with Gasteiger partial charge in [0.15, 0.2) is 0 Å². The molecular weight excluding hydrogens is 1160 g/mol. The second kappa shape index (κ2) is 24.2. The number of aryl methyl sites for hydroxylation is 14. The number of benzene rings is 8. The molecule has 4 aliphatic rings. The molecule has 0 saturated carbocycles. The van der Waals surface area contributed by atoms with Crippen molar-refractivity contribution in [3.8, 4) is 45.0 Å². The molecule has 0 saturated heterocycles. The van der Waals surface area contributed by atoms with Gasteiger partial charge in [-0.3, -0.25) is 0 Å². The summed E-state index contributed by atoms with van der Waals surface area (Å²) in [5, 5.41) is 5.89. The number of rotatable bonds is 4. The third-order valence-corrected chi connectivity index (χ3v) is 24.9. The fourth-order valence-corrected chi connectivity index (χ4v) is 17.6. The summed E-state index contributed by atoms with van der Waals surface area (Å²) < 4.78 is 9.53. The lowest BCUT2D eigenvalue weighted by atomic mass is 9.66. The zero-order valence-corrected chi connectivity index (χ0v) is 62.4. The lowest BCUT2D eigenvalue weighted by Gasteiger charge is -2.36. The molecule has 12 aromatic rings. The summed E-state index contributed by atoms with van der Waals surface area (Å²) >= 11 is 0. The van der Waals surface area contributed by atoms with E-state index in [2.05, 4.69) is 331 Å². The van der Waals surface area contributed by atoms with Gasteiger partial charge >= 0.3 is 0 Å². The van der Waals surface area contributed by atoms with Crippen LogP contribution in [0.2, 0.25) is 0 Å². The zero-order valence-electron chi connectivity index (χ0n) is 62.4. The van der Waals surface area contributed by atoms with E-state index in [0.717, 1.165) is 0 Å². The van der Waals surface area contributed by atoms with E-state index in [0.29, 0.717) is 23.7 Å². The molecule has 4 heteroatoms. The Morgan fingerprint density at radius 1 is 0.292 bits per heavy atom. The van der Waals surface area contributed by atoms with Crippen molar-refractivity contribution in [1.29, 1.82) is 0 Å². The number of nitrogens with zero attached hydrogens (tertiary/aromatic N) is 4. The Kier molecular flexibility index (Phi) is 16.6. The normalized spacial score (nSPS) is 17.2. The first kappa shape index (κ1) is 66.0. The molecule has 0 amide bonds. The van der Waals surface area contributed by atoms with Gasteiger partial charge in [0.1, 0.15) is 28.2 Å². The van der Waals surface area contributed by atoms with Crippen LogP contribution in [0, 0.1) is 83.1 Å². The molecule has 0 bridgehead atoms. The summed E-state index contributed by atoms with van der Waals surface area (Å²) in [5.41, 5.74) is 44.8. The van der Waals surface area contributed by atoms with E-state index >= 15 is 0 Å². The van der Waals surface area contributed by atoms with Gasteiger partial charge < -0.3 is 0 Å². The predicted octanol–water partition coefficient (Wildman–Crippen LogP) is 21.1. The van der Waals surface area contributed by atoms with Crippen molar-refractivity contribution in [2.45, 2.75) is 186 Å². The first-order valence-electron chi connectivity index (χ1n) is 35.6. The molecule has 96 heavy (non-hydrogen) atoms. The van der Waals surface area contributed by atoms with E-state index in [4.69, 9.17) is 0 Å². The Labute approximate surface area is 574 Å². The maximum atomic E-state index is 2.46. The Balaban J connectivity index is 0.000000116. The molecule has 0 spiro atoms. The smallest absolute Gasteiger partial charge is 0.194 e. The SMILES string of the molecule is Cc1cc(C)c(C)c(-c2cc3c4c(cccc4[n+]2C)C(C)(C)C3(C)C)c1.Cc1cc(C)c(C)c(-c2cc3c4c(cccc4[n+]2C)C(C)C3C)c1.Cc1cc(C)c(C)c(-c2cc3c4c(cccc4[n+]2C)C(C)C3C)c1.Cc1cc(C)c(C)c(-c2cc3c4c(cccc4[n+]2C)CC3)c1. The van der Waals surface area contributed by atoms with Crippen molar-refractivity contribution in [2.24, 2.45) is 28.2 Å². The van der Waals surface area contributed by atoms with E-state index in [1.54, 1.807) is 0 Å². The second-order valence-corrected chi connectivity index (χ2v) is 31.1. The second-order valence-electron chi connectivity index (χ2n) is 31.1. The Hall–Kier alpha value is -8.60. The van der Waals surface area contributed by atoms with Crippen molar-refractivity contribution in [3.05, 3.63) is 257 Å². The van der Waals surface area contributed by atoms with Crippen LogP contribution in [0.25, 0.3) is 88.6 Å². The maximum absolute atomic E-state index is 2.46. The van der Waals surface area contributed by atoms with E-state index in [-0.39, 0.29) is 10.8 Å². The van der Waals surface area contributed by atoms with Crippen LogP contribution in [0.5, 0.6) is 0 Å². The largest absolute Gasteiger partial charge is 0.213 e. The van der Waals surface area contributed by atoms with Crippen LogP contribution >= 0.6 is 0 Å². The van der Waals surface area contributed by atoms with Crippen molar-refractivity contribution in [3.63, 3.8) is 0 Å². The molecule has 16 rings (SSSR count). The molecule has 0 aliphatic heterocycles. The summed E-state index contributed by atoms with van der Waals surface area (Å²) in [5.74, 6) is 2.35. The van der Waals surface area contributed by atoms with Crippen LogP contribution in [0.1, 0.15) is 190 Å². The number of pyridine rings is 4. The summed E-state index contributed by atoms with van der Waals surface area (Å²) in [7, 11) is 8.84. The minimum absolute atomic E-state index is 0.102. The third kappa shape index (κ3) is 10.4. The van der Waals surface area contributed by atoms with E-state index < -0.39 is 0 Å². The van der Waals surface area contributed by atoms with Gasteiger partial charge in [-0.15, -0.1) is 0 Å². The molecular formula is C92H104N4+4. The Bertz CT molecular complexity index is 5100. The minimum Gasteiger partial charge on any atom is -0.194 e. The van der Waals surface area contributed by atoms with Gasteiger partial charge in [0.2, 0.25) is 44.8 Å². The third-order valence-electron chi connectivity index (χ3n) is 24.9. The Morgan fingerprint density at radius 2 is 0.594 bits per heavy atom. The molecule has 4 atom stereocenters. The lowest BCUT2D eigenvalue weighted by Crippen LogP contribution is -2.36. The maximum Gasteiger partial charge on any atom is 0.213 e. The van der Waals surface area contributed by atoms with Crippen molar-refractivity contribution in [1.82, 2.24) is 0 Å². The number of hydrogen-bond acceptors (Lipinski definition) is 0. The fourth-order valence-electron chi connectivity index (χ4n) is 17.6. The van der Waals surface area contributed by atoms with E-state index in [9.17, 15) is 0 Å². The van der Waals surface area contributed by atoms with Gasteiger partial charge in [-0.2, -0.15) is 18.3 Å². The van der Waals surface area contributed by atoms with Crippen molar-refractivity contribution >= 4 is 43.6 Å². The predicted molar refractivity (Wildman–Crippen MR) is 406 cm³/mol. The Morgan fingerprint density at radius 3 is 0.990 bits per heavy atom.